The van der Waals surface area contributed by atoms with Gasteiger partial charge in [0.15, 0.2) is 0 Å². The summed E-state index contributed by atoms with van der Waals surface area (Å²) in [5, 5.41) is 2.55. The van der Waals surface area contributed by atoms with E-state index < -0.39 is 0 Å². The van der Waals surface area contributed by atoms with Crippen LogP contribution in [0.3, 0.4) is 0 Å². The summed E-state index contributed by atoms with van der Waals surface area (Å²) in [4.78, 5) is 29.3. The highest BCUT2D eigenvalue weighted by atomic mass is 32.1. The van der Waals surface area contributed by atoms with Crippen LogP contribution in [0, 0.1) is 0 Å². The number of thiophene rings is 1. The molecule has 5 nitrogen and oxygen atoms in total. The summed E-state index contributed by atoms with van der Waals surface area (Å²) in [6.07, 6.45) is 1.65. The SMILES string of the molecule is CCOC(=O)CCn1cnc2scc(-c3ccccc3)c2c1=O. The number of fused-ring (bicyclic) bond motifs is 1. The van der Waals surface area contributed by atoms with Crippen molar-refractivity contribution in [3.8, 4) is 11.1 Å². The van der Waals surface area contributed by atoms with Gasteiger partial charge < -0.3 is 4.74 Å². The lowest BCUT2D eigenvalue weighted by molar-refractivity contribution is -0.143. The Hall–Kier alpha value is -2.47. The van der Waals surface area contributed by atoms with Crippen LogP contribution in [0.4, 0.5) is 0 Å². The fourth-order valence-electron chi connectivity index (χ4n) is 2.40. The first-order chi connectivity index (χ1) is 11.2. The van der Waals surface area contributed by atoms with E-state index in [0.29, 0.717) is 16.8 Å². The van der Waals surface area contributed by atoms with E-state index in [9.17, 15) is 9.59 Å². The third kappa shape index (κ3) is 3.17. The van der Waals surface area contributed by atoms with E-state index in [2.05, 4.69) is 4.98 Å². The summed E-state index contributed by atoms with van der Waals surface area (Å²) >= 11 is 1.45. The molecule has 0 bridgehead atoms. The van der Waals surface area contributed by atoms with Crippen LogP contribution in [0.5, 0.6) is 0 Å². The Morgan fingerprint density at radius 2 is 2.09 bits per heavy atom. The molecular weight excluding hydrogens is 312 g/mol. The highest BCUT2D eigenvalue weighted by Crippen LogP contribution is 2.30. The fourth-order valence-corrected chi connectivity index (χ4v) is 3.31. The number of carbonyl (C=O) groups excluding carboxylic acids is 1. The number of esters is 1. The van der Waals surface area contributed by atoms with Crippen LogP contribution in [-0.2, 0) is 16.1 Å². The molecule has 0 unspecified atom stereocenters. The Kier molecular flexibility index (Phi) is 4.52. The minimum absolute atomic E-state index is 0.126. The van der Waals surface area contributed by atoms with Gasteiger partial charge in [-0.25, -0.2) is 4.98 Å². The normalized spacial score (nSPS) is 10.8. The van der Waals surface area contributed by atoms with Crippen molar-refractivity contribution in [3.05, 3.63) is 52.4 Å². The van der Waals surface area contributed by atoms with Crippen molar-refractivity contribution in [1.82, 2.24) is 9.55 Å². The molecule has 1 aromatic carbocycles. The molecule has 6 heteroatoms. The van der Waals surface area contributed by atoms with Crippen LogP contribution in [0.2, 0.25) is 0 Å². The van der Waals surface area contributed by atoms with Gasteiger partial charge >= 0.3 is 5.97 Å². The molecule has 118 valence electrons. The maximum atomic E-state index is 12.7. The average Bonchev–Trinajstić information content (AvgIpc) is 3.00. The average molecular weight is 328 g/mol. The first-order valence-electron chi connectivity index (χ1n) is 7.38. The maximum Gasteiger partial charge on any atom is 0.307 e. The molecule has 0 radical (unpaired) electrons. The number of aryl methyl sites for hydroxylation is 1. The predicted octanol–water partition coefficient (Wildman–Crippen LogP) is 3.08. The number of benzene rings is 1. The summed E-state index contributed by atoms with van der Waals surface area (Å²) in [5.41, 5.74) is 1.74. The molecule has 0 atom stereocenters. The van der Waals surface area contributed by atoms with Crippen molar-refractivity contribution in [3.63, 3.8) is 0 Å². The van der Waals surface area contributed by atoms with Gasteiger partial charge in [-0.15, -0.1) is 11.3 Å². The molecule has 0 spiro atoms. The topological polar surface area (TPSA) is 61.2 Å². The molecule has 2 aromatic heterocycles. The van der Waals surface area contributed by atoms with Gasteiger partial charge in [-0.1, -0.05) is 30.3 Å². The number of aromatic nitrogens is 2. The second-order valence-electron chi connectivity index (χ2n) is 4.99. The molecule has 0 saturated heterocycles. The van der Waals surface area contributed by atoms with Gasteiger partial charge in [0, 0.05) is 17.5 Å². The van der Waals surface area contributed by atoms with Gasteiger partial charge in [0.25, 0.3) is 5.56 Å². The van der Waals surface area contributed by atoms with Crippen molar-refractivity contribution in [2.75, 3.05) is 6.61 Å². The molecule has 3 rings (SSSR count). The Bertz CT molecular complexity index is 884. The van der Waals surface area contributed by atoms with Crippen molar-refractivity contribution >= 4 is 27.5 Å². The molecule has 0 aliphatic carbocycles. The van der Waals surface area contributed by atoms with Crippen LogP contribution in [0.15, 0.2) is 46.8 Å². The van der Waals surface area contributed by atoms with Gasteiger partial charge in [0.2, 0.25) is 0 Å². The maximum absolute atomic E-state index is 12.7. The van der Waals surface area contributed by atoms with Crippen LogP contribution in [0.1, 0.15) is 13.3 Å². The summed E-state index contributed by atoms with van der Waals surface area (Å²) < 4.78 is 6.37. The monoisotopic (exact) mass is 328 g/mol. The molecule has 2 heterocycles. The van der Waals surface area contributed by atoms with Gasteiger partial charge in [0.1, 0.15) is 4.83 Å². The summed E-state index contributed by atoms with van der Waals surface area (Å²) in [6.45, 7) is 2.37. The fraction of sp³-hybridized carbons (Fsp3) is 0.235. The largest absolute Gasteiger partial charge is 0.466 e. The van der Waals surface area contributed by atoms with Gasteiger partial charge in [-0.05, 0) is 12.5 Å². The van der Waals surface area contributed by atoms with Gasteiger partial charge in [0.05, 0.1) is 24.7 Å². The summed E-state index contributed by atoms with van der Waals surface area (Å²) in [6, 6.07) is 9.75. The number of carbonyl (C=O) groups is 1. The van der Waals surface area contributed by atoms with Crippen LogP contribution in [0.25, 0.3) is 21.3 Å². The molecule has 0 aliphatic heterocycles. The van der Waals surface area contributed by atoms with E-state index in [4.69, 9.17) is 4.74 Å². The molecular formula is C17H16N2O3S. The highest BCUT2D eigenvalue weighted by Gasteiger charge is 2.13. The zero-order valence-electron chi connectivity index (χ0n) is 12.7. The van der Waals surface area contributed by atoms with Gasteiger partial charge in [-0.2, -0.15) is 0 Å². The molecule has 0 amide bonds. The van der Waals surface area contributed by atoms with Crippen LogP contribution in [-0.4, -0.2) is 22.1 Å². The zero-order chi connectivity index (χ0) is 16.2. The highest BCUT2D eigenvalue weighted by molar-refractivity contribution is 7.17. The second-order valence-corrected chi connectivity index (χ2v) is 5.85. The quantitative estimate of drug-likeness (QED) is 0.675. The first kappa shape index (κ1) is 15.4. The van der Waals surface area contributed by atoms with E-state index in [-0.39, 0.29) is 24.5 Å². The summed E-state index contributed by atoms with van der Waals surface area (Å²) in [7, 11) is 0. The Labute approximate surface area is 137 Å². The standard InChI is InChI=1S/C17H16N2O3S/c1-2-22-14(20)8-9-19-11-18-16-15(17(19)21)13(10-23-16)12-6-4-3-5-7-12/h3-7,10-11H,2,8-9H2,1H3. The molecule has 23 heavy (non-hydrogen) atoms. The van der Waals surface area contributed by atoms with Crippen LogP contribution < -0.4 is 5.56 Å². The lowest BCUT2D eigenvalue weighted by Crippen LogP contribution is -2.22. The zero-order valence-corrected chi connectivity index (χ0v) is 13.5. The molecule has 0 aliphatic rings. The van der Waals surface area contributed by atoms with Crippen molar-refractivity contribution in [1.29, 1.82) is 0 Å². The van der Waals surface area contributed by atoms with E-state index in [1.54, 1.807) is 6.92 Å². The van der Waals surface area contributed by atoms with Crippen molar-refractivity contribution in [2.24, 2.45) is 0 Å². The lowest BCUT2D eigenvalue weighted by atomic mass is 10.1. The smallest absolute Gasteiger partial charge is 0.307 e. The predicted molar refractivity (Wildman–Crippen MR) is 90.6 cm³/mol. The molecule has 3 aromatic rings. The summed E-state index contributed by atoms with van der Waals surface area (Å²) in [5.74, 6) is -0.312. The van der Waals surface area contributed by atoms with Crippen LogP contribution >= 0.6 is 11.3 Å². The lowest BCUT2D eigenvalue weighted by Gasteiger charge is -2.06. The Morgan fingerprint density at radius 3 is 2.83 bits per heavy atom. The van der Waals surface area contributed by atoms with Gasteiger partial charge in [-0.3, -0.25) is 14.2 Å². The number of ether oxygens (including phenoxy) is 1. The van der Waals surface area contributed by atoms with Crippen molar-refractivity contribution < 1.29 is 9.53 Å². The Balaban J connectivity index is 1.98. The van der Waals surface area contributed by atoms with Crippen molar-refractivity contribution in [2.45, 2.75) is 19.9 Å². The van der Waals surface area contributed by atoms with E-state index in [1.807, 2.05) is 35.7 Å². The number of hydrogen-bond donors (Lipinski definition) is 0. The third-order valence-electron chi connectivity index (χ3n) is 3.51. The minimum Gasteiger partial charge on any atom is -0.466 e. The second kappa shape index (κ2) is 6.75. The number of nitrogens with zero attached hydrogens (tertiary/aromatic N) is 2. The Morgan fingerprint density at radius 1 is 1.30 bits per heavy atom. The number of hydrogen-bond acceptors (Lipinski definition) is 5. The minimum atomic E-state index is -0.312. The molecule has 0 fully saturated rings. The van der Waals surface area contributed by atoms with E-state index in [0.717, 1.165) is 11.1 Å². The van der Waals surface area contributed by atoms with E-state index in [1.165, 1.54) is 22.2 Å². The molecule has 0 saturated carbocycles. The third-order valence-corrected chi connectivity index (χ3v) is 4.39. The molecule has 0 N–H and O–H groups in total. The first-order valence-corrected chi connectivity index (χ1v) is 8.26. The van der Waals surface area contributed by atoms with E-state index >= 15 is 0 Å². The number of rotatable bonds is 5.